The summed E-state index contributed by atoms with van der Waals surface area (Å²) in [5.41, 5.74) is 0. The summed E-state index contributed by atoms with van der Waals surface area (Å²) in [7, 11) is 9.34. The van der Waals surface area contributed by atoms with Crippen LogP contribution in [0.3, 0.4) is 0 Å². The first-order valence-electron chi connectivity index (χ1n) is 0.728. The summed E-state index contributed by atoms with van der Waals surface area (Å²) in [4.78, 5) is 0. The van der Waals surface area contributed by atoms with Crippen molar-refractivity contribution in [2.75, 3.05) is 0 Å². The Morgan fingerprint density at radius 3 is 1.14 bits per heavy atom. The molecule has 0 amide bonds. The van der Waals surface area contributed by atoms with Crippen LogP contribution in [-0.4, -0.2) is 0 Å². The van der Waals surface area contributed by atoms with Gasteiger partial charge in [0.1, 0.15) is 0 Å². The molecule has 3 nitrogen and oxygen atoms in total. The van der Waals surface area contributed by atoms with Gasteiger partial charge < -0.3 is 0 Å². The molecule has 0 unspecified atom stereocenters. The summed E-state index contributed by atoms with van der Waals surface area (Å²) in [5.74, 6) is 0. The minimum absolute atomic E-state index is 0.757. The van der Waals surface area contributed by atoms with Crippen molar-refractivity contribution in [1.29, 1.82) is 0 Å². The summed E-state index contributed by atoms with van der Waals surface area (Å²) < 4.78 is 25.8. The monoisotopic (exact) mass is 279 g/mol. The Morgan fingerprint density at radius 1 is 1.14 bits per heavy atom. The molecule has 0 bridgehead atoms. The zero-order valence-corrected chi connectivity index (χ0v) is 7.15. The van der Waals surface area contributed by atoms with E-state index in [1.54, 1.807) is 0 Å². The third-order valence-corrected chi connectivity index (χ3v) is 0. The van der Waals surface area contributed by atoms with Gasteiger partial charge in [0.05, 0.1) is 0 Å². The van der Waals surface area contributed by atoms with E-state index in [2.05, 4.69) is 20.2 Å². The second kappa shape index (κ2) is 10.2. The maximum atomic E-state index is 8.59. The standard InChI is InChI=1S/2ClH.Cu.Mo.3O/h2*1H;;;;;/q;;+2;;;;/p-2. The summed E-state index contributed by atoms with van der Waals surface area (Å²) in [5, 5.41) is 0. The van der Waals surface area contributed by atoms with E-state index in [-0.39, 0.29) is 0 Å². The van der Waals surface area contributed by atoms with E-state index in [1.165, 1.54) is 0 Å². The zero-order valence-electron chi connectivity index (χ0n) is 2.69. The maximum absolute atomic E-state index is 8.59. The predicted octanol–water partition coefficient (Wildman–Crippen LogP) is 1.02. The van der Waals surface area contributed by atoms with Crippen LogP contribution < -0.4 is 0 Å². The van der Waals surface area contributed by atoms with Crippen molar-refractivity contribution >= 4 is 20.2 Å². The van der Waals surface area contributed by atoms with Crippen LogP contribution in [0.4, 0.5) is 0 Å². The van der Waals surface area contributed by atoms with Crippen LogP contribution >= 0.6 is 20.2 Å². The van der Waals surface area contributed by atoms with Crippen LogP contribution in [0.15, 0.2) is 0 Å². The van der Waals surface area contributed by atoms with Gasteiger partial charge in [0.25, 0.3) is 0 Å². The fraction of sp³-hybridized carbons (Fsp3) is 0. The van der Waals surface area contributed by atoms with Gasteiger partial charge in [0, 0.05) is 0 Å². The number of halogens is 2. The normalized spacial score (nSPS) is 6.57. The first-order chi connectivity index (χ1) is 3.15. The molecule has 49 valence electrons. The molecule has 0 radical (unpaired) electrons. The van der Waals surface area contributed by atoms with E-state index in [4.69, 9.17) is 10.2 Å². The van der Waals surface area contributed by atoms with E-state index in [9.17, 15) is 0 Å². The van der Waals surface area contributed by atoms with Crippen molar-refractivity contribution in [1.82, 2.24) is 0 Å². The van der Waals surface area contributed by atoms with Crippen molar-refractivity contribution in [3.63, 3.8) is 0 Å². The average molecular weight is 278 g/mol. The third kappa shape index (κ3) is 137. The molecule has 0 fully saturated rings. The fourth-order valence-corrected chi connectivity index (χ4v) is 0. The molecule has 0 aromatic carbocycles. The first kappa shape index (κ1) is 11.0. The summed E-state index contributed by atoms with van der Waals surface area (Å²) in [6.07, 6.45) is 0. The Bertz CT molecular complexity index is 93.1. The van der Waals surface area contributed by atoms with E-state index in [1.807, 2.05) is 0 Å². The molecule has 7 heteroatoms. The Kier molecular flexibility index (Phi) is 16.1. The van der Waals surface area contributed by atoms with Gasteiger partial charge in [-0.1, -0.05) is 0 Å². The molecular weight excluding hydrogens is 278 g/mol. The molecule has 0 heterocycles. The van der Waals surface area contributed by atoms with Crippen LogP contribution in [-0.2, 0) is 40.5 Å². The van der Waals surface area contributed by atoms with Crippen molar-refractivity contribution < 1.29 is 40.5 Å². The Morgan fingerprint density at radius 2 is 1.14 bits per heavy atom. The summed E-state index contributed by atoms with van der Waals surface area (Å²) in [6.45, 7) is 0. The minimum atomic E-state index is -4.11. The van der Waals surface area contributed by atoms with Gasteiger partial charge in [-0.2, -0.15) is 0 Å². The fourth-order valence-electron chi connectivity index (χ4n) is 0. The van der Waals surface area contributed by atoms with Gasteiger partial charge in [-0.15, -0.1) is 0 Å². The summed E-state index contributed by atoms with van der Waals surface area (Å²) in [6, 6.07) is 0. The number of hydrogen-bond donors (Lipinski definition) is 0. The molecule has 0 rings (SSSR count). The molecule has 0 aliphatic rings. The van der Waals surface area contributed by atoms with Crippen LogP contribution in [0.1, 0.15) is 0 Å². The van der Waals surface area contributed by atoms with E-state index in [0.29, 0.717) is 0 Å². The average Bonchev–Trinajstić information content (AvgIpc) is 1.33. The molecule has 0 spiro atoms. The first-order valence-corrected chi connectivity index (χ1v) is 5.78. The van der Waals surface area contributed by atoms with Crippen LogP contribution in [0, 0.1) is 0 Å². The van der Waals surface area contributed by atoms with Crippen LogP contribution in [0.25, 0.3) is 0 Å². The third-order valence-electron chi connectivity index (χ3n) is 0. The molecule has 0 atom stereocenters. The van der Waals surface area contributed by atoms with Crippen LogP contribution in [0.5, 0.6) is 0 Å². The quantitative estimate of drug-likeness (QED) is 0.622. The van der Waals surface area contributed by atoms with E-state index in [0.717, 1.165) is 13.1 Å². The van der Waals surface area contributed by atoms with Crippen LogP contribution in [0.2, 0.25) is 0 Å². The van der Waals surface area contributed by atoms with Gasteiger partial charge in [-0.3, -0.25) is 0 Å². The Balaban J connectivity index is 0. The molecule has 0 saturated carbocycles. The predicted molar refractivity (Wildman–Crippen MR) is 13.8 cm³/mol. The van der Waals surface area contributed by atoms with Gasteiger partial charge in [0.2, 0.25) is 0 Å². The number of hydrogen-bond acceptors (Lipinski definition) is 3. The second-order valence-electron chi connectivity index (χ2n) is 0.247. The Hall–Kier alpha value is 1.19. The van der Waals surface area contributed by atoms with Crippen molar-refractivity contribution in [3.05, 3.63) is 0 Å². The number of rotatable bonds is 0. The molecule has 0 aromatic rings. The van der Waals surface area contributed by atoms with Crippen molar-refractivity contribution in [2.24, 2.45) is 0 Å². The molecular formula is Cl2CuMoO3. The van der Waals surface area contributed by atoms with Gasteiger partial charge in [-0.25, -0.2) is 0 Å². The van der Waals surface area contributed by atoms with Gasteiger partial charge >= 0.3 is 60.7 Å². The molecule has 0 N–H and O–H groups in total. The van der Waals surface area contributed by atoms with E-state index < -0.39 is 17.2 Å². The molecule has 0 saturated heterocycles. The van der Waals surface area contributed by atoms with Crippen molar-refractivity contribution in [3.8, 4) is 0 Å². The molecule has 0 aliphatic heterocycles. The van der Waals surface area contributed by atoms with Crippen molar-refractivity contribution in [2.45, 2.75) is 0 Å². The Labute approximate surface area is 60.4 Å². The molecule has 0 aromatic heterocycles. The molecule has 7 heavy (non-hydrogen) atoms. The topological polar surface area (TPSA) is 51.2 Å². The van der Waals surface area contributed by atoms with Gasteiger partial charge in [0.15, 0.2) is 0 Å². The summed E-state index contributed by atoms with van der Waals surface area (Å²) >= 11 is -3.35. The van der Waals surface area contributed by atoms with E-state index >= 15 is 0 Å². The van der Waals surface area contributed by atoms with Gasteiger partial charge in [-0.05, 0) is 0 Å². The molecule has 0 aliphatic carbocycles. The zero-order chi connectivity index (χ0) is 6.28. The second-order valence-corrected chi connectivity index (χ2v) is 2.81. The SMILES string of the molecule is [Cl][Cu][Cl].[O]=[Mo](=[O])=[O].